The Morgan fingerprint density at radius 1 is 1.42 bits per heavy atom. The first-order chi connectivity index (χ1) is 5.88. The van der Waals surface area contributed by atoms with Crippen LogP contribution in [0.5, 0.6) is 0 Å². The third-order valence-corrected chi connectivity index (χ3v) is 2.81. The van der Waals surface area contributed by atoms with Crippen molar-refractivity contribution in [2.75, 3.05) is 32.7 Å². The standard InChI is InChI=1S/C9H18N2O/c1-2-11-4-3-8(7-11)12-9-5-10-6-9/h8-10H,2-7H2,1H3. The van der Waals surface area contributed by atoms with E-state index in [1.807, 2.05) is 0 Å². The lowest BCUT2D eigenvalue weighted by Crippen LogP contribution is -2.50. The fourth-order valence-corrected chi connectivity index (χ4v) is 1.83. The molecular formula is C9H18N2O. The van der Waals surface area contributed by atoms with Gasteiger partial charge in [-0.1, -0.05) is 6.92 Å². The zero-order chi connectivity index (χ0) is 8.39. The average Bonchev–Trinajstić information content (AvgIpc) is 2.44. The van der Waals surface area contributed by atoms with Crippen LogP contribution in [0.1, 0.15) is 13.3 Å². The summed E-state index contributed by atoms with van der Waals surface area (Å²) in [6.45, 7) is 7.87. The third-order valence-electron chi connectivity index (χ3n) is 2.81. The van der Waals surface area contributed by atoms with Crippen LogP contribution in [0.2, 0.25) is 0 Å². The summed E-state index contributed by atoms with van der Waals surface area (Å²) in [5, 5.41) is 3.22. The van der Waals surface area contributed by atoms with Gasteiger partial charge in [0.25, 0.3) is 0 Å². The summed E-state index contributed by atoms with van der Waals surface area (Å²) in [5.41, 5.74) is 0. The van der Waals surface area contributed by atoms with Crippen LogP contribution in [0, 0.1) is 0 Å². The van der Waals surface area contributed by atoms with E-state index in [-0.39, 0.29) is 0 Å². The zero-order valence-electron chi connectivity index (χ0n) is 7.75. The highest BCUT2D eigenvalue weighted by molar-refractivity contribution is 4.81. The molecular weight excluding hydrogens is 152 g/mol. The van der Waals surface area contributed by atoms with E-state index in [4.69, 9.17) is 4.74 Å². The highest BCUT2D eigenvalue weighted by Crippen LogP contribution is 2.15. The normalized spacial score (nSPS) is 32.2. The molecule has 0 aromatic carbocycles. The minimum Gasteiger partial charge on any atom is -0.371 e. The molecule has 2 saturated heterocycles. The summed E-state index contributed by atoms with van der Waals surface area (Å²) in [6.07, 6.45) is 2.24. The number of nitrogens with one attached hydrogen (secondary N) is 1. The third kappa shape index (κ3) is 1.79. The van der Waals surface area contributed by atoms with Gasteiger partial charge >= 0.3 is 0 Å². The van der Waals surface area contributed by atoms with Gasteiger partial charge in [-0.25, -0.2) is 0 Å². The van der Waals surface area contributed by atoms with Crippen molar-refractivity contribution in [2.24, 2.45) is 0 Å². The largest absolute Gasteiger partial charge is 0.371 e. The van der Waals surface area contributed by atoms with Crippen LogP contribution in [0.25, 0.3) is 0 Å². The SMILES string of the molecule is CCN1CCC(OC2CNC2)C1. The van der Waals surface area contributed by atoms with Gasteiger partial charge in [0.2, 0.25) is 0 Å². The maximum atomic E-state index is 5.88. The number of likely N-dealkylation sites (tertiary alicyclic amines) is 1. The molecule has 3 nitrogen and oxygen atoms in total. The molecule has 2 fully saturated rings. The lowest BCUT2D eigenvalue weighted by Gasteiger charge is -2.30. The predicted molar refractivity (Wildman–Crippen MR) is 48.3 cm³/mol. The van der Waals surface area contributed by atoms with E-state index >= 15 is 0 Å². The van der Waals surface area contributed by atoms with E-state index in [0.717, 1.165) is 19.6 Å². The fraction of sp³-hybridized carbons (Fsp3) is 1.00. The molecule has 0 amide bonds. The Kier molecular flexibility index (Phi) is 2.63. The Morgan fingerprint density at radius 3 is 2.75 bits per heavy atom. The smallest absolute Gasteiger partial charge is 0.0828 e. The minimum atomic E-state index is 0.506. The summed E-state index contributed by atoms with van der Waals surface area (Å²) < 4.78 is 5.88. The molecule has 1 atom stereocenters. The Labute approximate surface area is 74.1 Å². The summed E-state index contributed by atoms with van der Waals surface area (Å²) in [5.74, 6) is 0. The zero-order valence-corrected chi connectivity index (χ0v) is 7.75. The van der Waals surface area contributed by atoms with E-state index in [9.17, 15) is 0 Å². The lowest BCUT2D eigenvalue weighted by molar-refractivity contribution is -0.0316. The number of hydrogen-bond donors (Lipinski definition) is 1. The van der Waals surface area contributed by atoms with Crippen molar-refractivity contribution in [3.05, 3.63) is 0 Å². The van der Waals surface area contributed by atoms with Gasteiger partial charge < -0.3 is 15.0 Å². The molecule has 70 valence electrons. The van der Waals surface area contributed by atoms with E-state index < -0.39 is 0 Å². The van der Waals surface area contributed by atoms with Crippen molar-refractivity contribution in [1.29, 1.82) is 0 Å². The molecule has 0 saturated carbocycles. The molecule has 2 aliphatic rings. The number of likely N-dealkylation sites (N-methyl/N-ethyl adjacent to an activating group) is 1. The molecule has 0 spiro atoms. The van der Waals surface area contributed by atoms with Crippen LogP contribution in [0.15, 0.2) is 0 Å². The van der Waals surface area contributed by atoms with Gasteiger partial charge in [0.05, 0.1) is 12.2 Å². The van der Waals surface area contributed by atoms with Gasteiger partial charge in [-0.3, -0.25) is 0 Å². The fourth-order valence-electron chi connectivity index (χ4n) is 1.83. The summed E-state index contributed by atoms with van der Waals surface area (Å²) >= 11 is 0. The molecule has 0 aromatic heterocycles. The lowest BCUT2D eigenvalue weighted by atomic mass is 10.2. The van der Waals surface area contributed by atoms with E-state index in [0.29, 0.717) is 12.2 Å². The molecule has 2 heterocycles. The van der Waals surface area contributed by atoms with Crippen molar-refractivity contribution in [1.82, 2.24) is 10.2 Å². The van der Waals surface area contributed by atoms with E-state index in [2.05, 4.69) is 17.1 Å². The maximum Gasteiger partial charge on any atom is 0.0828 e. The van der Waals surface area contributed by atoms with Crippen LogP contribution in [0.4, 0.5) is 0 Å². The Hall–Kier alpha value is -0.120. The Bertz CT molecular complexity index is 147. The van der Waals surface area contributed by atoms with Gasteiger partial charge in [0.15, 0.2) is 0 Å². The van der Waals surface area contributed by atoms with Gasteiger partial charge in [-0.15, -0.1) is 0 Å². The van der Waals surface area contributed by atoms with Crippen molar-refractivity contribution in [3.8, 4) is 0 Å². The molecule has 0 bridgehead atoms. The second kappa shape index (κ2) is 3.73. The van der Waals surface area contributed by atoms with Crippen LogP contribution in [-0.2, 0) is 4.74 Å². The maximum absolute atomic E-state index is 5.88. The van der Waals surface area contributed by atoms with Crippen molar-refractivity contribution in [3.63, 3.8) is 0 Å². The summed E-state index contributed by atoms with van der Waals surface area (Å²) in [7, 11) is 0. The quantitative estimate of drug-likeness (QED) is 0.648. The Balaban J connectivity index is 1.68. The molecule has 2 aliphatic heterocycles. The number of nitrogens with zero attached hydrogens (tertiary/aromatic N) is 1. The van der Waals surface area contributed by atoms with E-state index in [1.54, 1.807) is 0 Å². The molecule has 12 heavy (non-hydrogen) atoms. The second-order valence-corrected chi connectivity index (χ2v) is 3.72. The van der Waals surface area contributed by atoms with Gasteiger partial charge in [-0.2, -0.15) is 0 Å². The highest BCUT2D eigenvalue weighted by Gasteiger charge is 2.27. The molecule has 0 aliphatic carbocycles. The van der Waals surface area contributed by atoms with Crippen LogP contribution < -0.4 is 5.32 Å². The molecule has 2 rings (SSSR count). The summed E-state index contributed by atoms with van der Waals surface area (Å²) in [4.78, 5) is 2.46. The highest BCUT2D eigenvalue weighted by atomic mass is 16.5. The first-order valence-electron chi connectivity index (χ1n) is 4.97. The van der Waals surface area contributed by atoms with Crippen LogP contribution in [-0.4, -0.2) is 49.8 Å². The van der Waals surface area contributed by atoms with Crippen molar-refractivity contribution >= 4 is 0 Å². The van der Waals surface area contributed by atoms with Crippen LogP contribution in [0.3, 0.4) is 0 Å². The topological polar surface area (TPSA) is 24.5 Å². The van der Waals surface area contributed by atoms with Gasteiger partial charge in [0, 0.05) is 26.2 Å². The summed E-state index contributed by atoms with van der Waals surface area (Å²) in [6, 6.07) is 0. The Morgan fingerprint density at radius 2 is 2.25 bits per heavy atom. The number of rotatable bonds is 3. The van der Waals surface area contributed by atoms with Crippen LogP contribution >= 0.6 is 0 Å². The minimum absolute atomic E-state index is 0.506. The number of ether oxygens (including phenoxy) is 1. The molecule has 1 N–H and O–H groups in total. The first-order valence-corrected chi connectivity index (χ1v) is 4.97. The van der Waals surface area contributed by atoms with Crippen molar-refractivity contribution < 1.29 is 4.74 Å². The van der Waals surface area contributed by atoms with Gasteiger partial charge in [-0.05, 0) is 13.0 Å². The molecule has 0 radical (unpaired) electrons. The van der Waals surface area contributed by atoms with Crippen molar-refractivity contribution in [2.45, 2.75) is 25.6 Å². The number of hydrogen-bond acceptors (Lipinski definition) is 3. The molecule has 0 aromatic rings. The molecule has 1 unspecified atom stereocenters. The molecule has 3 heteroatoms. The van der Waals surface area contributed by atoms with Gasteiger partial charge in [0.1, 0.15) is 0 Å². The first kappa shape index (κ1) is 8.48. The average molecular weight is 170 g/mol. The predicted octanol–water partition coefficient (Wildman–Crippen LogP) is 0.0690. The monoisotopic (exact) mass is 170 g/mol. The van der Waals surface area contributed by atoms with E-state index in [1.165, 1.54) is 19.5 Å². The second-order valence-electron chi connectivity index (χ2n) is 3.72.